The topological polar surface area (TPSA) is 81.4 Å². The van der Waals surface area contributed by atoms with Gasteiger partial charge in [0.25, 0.3) is 0 Å². The molecule has 0 aliphatic heterocycles. The first kappa shape index (κ1) is 13.8. The minimum absolute atomic E-state index is 0.105. The van der Waals surface area contributed by atoms with Gasteiger partial charge in [-0.1, -0.05) is 48.5 Å². The summed E-state index contributed by atoms with van der Waals surface area (Å²) < 4.78 is 5.67. The molecule has 0 fully saturated rings. The smallest absolute Gasteiger partial charge is 0.238 e. The van der Waals surface area contributed by atoms with Crippen LogP contribution in [0.2, 0.25) is 0 Å². The molecule has 5 aromatic rings. The zero-order chi connectivity index (χ0) is 17.3. The van der Waals surface area contributed by atoms with Crippen LogP contribution in [0.25, 0.3) is 43.5 Å². The Morgan fingerprint density at radius 3 is 1.60 bits per heavy atom. The summed E-state index contributed by atoms with van der Waals surface area (Å²) in [5.41, 5.74) is -2.52. The van der Waals surface area contributed by atoms with Crippen molar-refractivity contribution in [1.29, 1.82) is 0 Å². The van der Waals surface area contributed by atoms with Gasteiger partial charge in [-0.3, -0.25) is 19.2 Å². The Bertz CT molecular complexity index is 1560. The van der Waals surface area contributed by atoms with Gasteiger partial charge in [-0.15, -0.1) is 0 Å². The first-order valence-corrected chi connectivity index (χ1v) is 7.63. The molecule has 0 aliphatic carbocycles. The Balaban J connectivity index is 2.27. The molecule has 0 saturated carbocycles. The van der Waals surface area contributed by atoms with Crippen molar-refractivity contribution in [3.8, 4) is 0 Å². The van der Waals surface area contributed by atoms with E-state index < -0.39 is 21.7 Å². The van der Waals surface area contributed by atoms with E-state index in [9.17, 15) is 19.2 Å². The van der Waals surface area contributed by atoms with Crippen LogP contribution >= 0.6 is 0 Å². The number of fused-ring (bicyclic) bond motifs is 6. The van der Waals surface area contributed by atoms with E-state index in [2.05, 4.69) is 0 Å². The van der Waals surface area contributed by atoms with Crippen molar-refractivity contribution < 1.29 is 4.42 Å². The van der Waals surface area contributed by atoms with E-state index in [4.69, 9.17) is 4.42 Å². The number of hydrogen-bond acceptors (Lipinski definition) is 5. The van der Waals surface area contributed by atoms with Crippen molar-refractivity contribution in [3.63, 3.8) is 0 Å². The van der Waals surface area contributed by atoms with Crippen LogP contribution in [0.5, 0.6) is 0 Å². The average Bonchev–Trinajstić information content (AvgIpc) is 3.05. The summed E-state index contributed by atoms with van der Waals surface area (Å²) in [4.78, 5) is 50.6. The molecule has 0 saturated heterocycles. The number of hydrogen-bond donors (Lipinski definition) is 0. The summed E-state index contributed by atoms with van der Waals surface area (Å²) in [6.45, 7) is 0. The molecule has 5 heteroatoms. The van der Waals surface area contributed by atoms with Crippen LogP contribution in [-0.4, -0.2) is 0 Å². The highest BCUT2D eigenvalue weighted by atomic mass is 16.3. The molecule has 1 heterocycles. The fraction of sp³-hybridized carbons (Fsp3) is 0. The lowest BCUT2D eigenvalue weighted by Gasteiger charge is -1.96. The van der Waals surface area contributed by atoms with Crippen LogP contribution in [-0.2, 0) is 0 Å². The summed E-state index contributed by atoms with van der Waals surface area (Å²) in [5.74, 6) is 0. The molecule has 0 amide bonds. The minimum Gasteiger partial charge on any atom is -0.451 e. The van der Waals surface area contributed by atoms with E-state index in [0.717, 1.165) is 0 Å². The number of rotatable bonds is 0. The van der Waals surface area contributed by atoms with Gasteiger partial charge < -0.3 is 4.42 Å². The van der Waals surface area contributed by atoms with E-state index in [1.165, 1.54) is 12.1 Å². The molecular weight excluding hydrogens is 320 g/mol. The summed E-state index contributed by atoms with van der Waals surface area (Å²) in [6.07, 6.45) is 0. The summed E-state index contributed by atoms with van der Waals surface area (Å²) in [7, 11) is 0. The van der Waals surface area contributed by atoms with Crippen molar-refractivity contribution in [2.75, 3.05) is 0 Å². The minimum atomic E-state index is -0.820. The van der Waals surface area contributed by atoms with Crippen LogP contribution in [0.15, 0.2) is 72.1 Å². The van der Waals surface area contributed by atoms with Crippen LogP contribution in [0.1, 0.15) is 0 Å². The van der Waals surface area contributed by atoms with E-state index >= 15 is 0 Å². The van der Waals surface area contributed by atoms with E-state index in [1.807, 2.05) is 0 Å². The molecular formula is C20H8O5. The second kappa shape index (κ2) is 4.48. The van der Waals surface area contributed by atoms with Gasteiger partial charge in [0.15, 0.2) is 11.0 Å². The highest BCUT2D eigenvalue weighted by Crippen LogP contribution is 2.28. The quantitative estimate of drug-likeness (QED) is 0.407. The third kappa shape index (κ3) is 1.57. The molecule has 0 atom stereocenters. The second-order valence-corrected chi connectivity index (χ2v) is 5.92. The van der Waals surface area contributed by atoms with Crippen molar-refractivity contribution in [1.82, 2.24) is 0 Å². The molecule has 118 valence electrons. The molecule has 5 rings (SSSR count). The lowest BCUT2D eigenvalue weighted by molar-refractivity contribution is 0.670. The van der Waals surface area contributed by atoms with Gasteiger partial charge >= 0.3 is 0 Å². The third-order valence-corrected chi connectivity index (χ3v) is 4.61. The maximum atomic E-state index is 12.9. The molecule has 25 heavy (non-hydrogen) atoms. The van der Waals surface area contributed by atoms with Gasteiger partial charge in [0.05, 0.1) is 10.8 Å². The first-order valence-electron chi connectivity index (χ1n) is 7.63. The molecule has 1 aromatic heterocycles. The van der Waals surface area contributed by atoms with E-state index in [0.29, 0.717) is 5.39 Å². The maximum absolute atomic E-state index is 12.9. The standard InChI is InChI=1S/C20H8O5/c21-15-9-5-1-2-6-10(9)17(23)20-13(15)14-18(24)16(22)11-7-3-4-8-12(11)19(14)25-20/h1-8H. The largest absolute Gasteiger partial charge is 0.451 e. The van der Waals surface area contributed by atoms with E-state index in [-0.39, 0.29) is 38.1 Å². The predicted molar refractivity (Wildman–Crippen MR) is 96.2 cm³/mol. The third-order valence-electron chi connectivity index (χ3n) is 4.61. The summed E-state index contributed by atoms with van der Waals surface area (Å²) in [6, 6.07) is 12.9. The molecule has 0 N–H and O–H groups in total. The van der Waals surface area contributed by atoms with E-state index in [1.54, 1.807) is 36.4 Å². The van der Waals surface area contributed by atoms with Gasteiger partial charge in [0.1, 0.15) is 5.58 Å². The van der Waals surface area contributed by atoms with Gasteiger partial charge in [-0.25, -0.2) is 0 Å². The normalized spacial score (nSPS) is 11.8. The molecule has 4 aromatic carbocycles. The average molecular weight is 328 g/mol. The molecule has 0 spiro atoms. The molecule has 0 unspecified atom stereocenters. The molecule has 0 aliphatic rings. The summed E-state index contributed by atoms with van der Waals surface area (Å²) >= 11 is 0. The van der Waals surface area contributed by atoms with Crippen LogP contribution in [0.4, 0.5) is 0 Å². The SMILES string of the molecule is O=c1c(=O)c2c(oc3c(=O)c4ccccc4c(=O)c32)c2ccccc12. The van der Waals surface area contributed by atoms with Gasteiger partial charge in [-0.05, 0) is 0 Å². The molecule has 5 nitrogen and oxygen atoms in total. The van der Waals surface area contributed by atoms with Gasteiger partial charge in [0, 0.05) is 21.5 Å². The predicted octanol–water partition coefficient (Wildman–Crippen LogP) is 2.21. The number of furan rings is 1. The monoisotopic (exact) mass is 328 g/mol. The van der Waals surface area contributed by atoms with Crippen molar-refractivity contribution >= 4 is 43.5 Å². The van der Waals surface area contributed by atoms with Crippen LogP contribution in [0, 0.1) is 0 Å². The van der Waals surface area contributed by atoms with Gasteiger partial charge in [0.2, 0.25) is 16.3 Å². The zero-order valence-corrected chi connectivity index (χ0v) is 12.7. The maximum Gasteiger partial charge on any atom is 0.238 e. The van der Waals surface area contributed by atoms with Crippen LogP contribution in [0.3, 0.4) is 0 Å². The van der Waals surface area contributed by atoms with Crippen molar-refractivity contribution in [2.24, 2.45) is 0 Å². The van der Waals surface area contributed by atoms with Crippen LogP contribution < -0.4 is 21.7 Å². The first-order chi connectivity index (χ1) is 12.1. The van der Waals surface area contributed by atoms with Crippen molar-refractivity contribution in [3.05, 3.63) is 89.4 Å². The Labute approximate surface area is 138 Å². The fourth-order valence-corrected chi connectivity index (χ4v) is 3.47. The summed E-state index contributed by atoms with van der Waals surface area (Å²) in [5, 5.41) is 0.864. The lowest BCUT2D eigenvalue weighted by atomic mass is 10.0. The highest BCUT2D eigenvalue weighted by molar-refractivity contribution is 6.16. The second-order valence-electron chi connectivity index (χ2n) is 5.92. The Hall–Kier alpha value is -3.60. The molecule has 0 bridgehead atoms. The Kier molecular flexibility index (Phi) is 2.47. The highest BCUT2D eigenvalue weighted by Gasteiger charge is 2.22. The zero-order valence-electron chi connectivity index (χ0n) is 12.7. The van der Waals surface area contributed by atoms with Gasteiger partial charge in [-0.2, -0.15) is 0 Å². The molecule has 0 radical (unpaired) electrons. The van der Waals surface area contributed by atoms with Crippen molar-refractivity contribution in [2.45, 2.75) is 0 Å². The fourth-order valence-electron chi connectivity index (χ4n) is 3.47. The number of benzene rings is 4. The Morgan fingerprint density at radius 1 is 0.480 bits per heavy atom. The lowest BCUT2D eigenvalue weighted by Crippen LogP contribution is -2.24. The Morgan fingerprint density at radius 2 is 0.960 bits per heavy atom.